The summed E-state index contributed by atoms with van der Waals surface area (Å²) in [5.41, 5.74) is 4.04. The standard InChI is InChI=1S/C23H20ClN5OS/c1-31-23-26-13-19(24)21(27-23)22(30)25-12-18-15-29(14-16-8-4-2-5-9-16)28-20(18)17-10-6-3-7-11-17/h2-11,13,15H,12,14H2,1H3,(H,25,30). The van der Waals surface area contributed by atoms with Crippen molar-refractivity contribution in [2.45, 2.75) is 18.2 Å². The van der Waals surface area contributed by atoms with Crippen LogP contribution in [0.1, 0.15) is 21.6 Å². The van der Waals surface area contributed by atoms with Gasteiger partial charge in [0.25, 0.3) is 5.91 Å². The Kier molecular flexibility index (Phi) is 6.64. The fourth-order valence-corrected chi connectivity index (χ4v) is 3.67. The quantitative estimate of drug-likeness (QED) is 0.327. The van der Waals surface area contributed by atoms with Crippen LogP contribution in [0.2, 0.25) is 5.02 Å². The maximum atomic E-state index is 12.7. The lowest BCUT2D eigenvalue weighted by molar-refractivity contribution is 0.0945. The van der Waals surface area contributed by atoms with E-state index in [9.17, 15) is 4.79 Å². The second kappa shape index (κ2) is 9.76. The number of carbonyl (C=O) groups is 1. The maximum Gasteiger partial charge on any atom is 0.271 e. The molecule has 156 valence electrons. The van der Waals surface area contributed by atoms with Gasteiger partial charge in [-0.3, -0.25) is 9.48 Å². The molecule has 1 N–H and O–H groups in total. The molecule has 2 aromatic carbocycles. The Morgan fingerprint density at radius 1 is 1.10 bits per heavy atom. The van der Waals surface area contributed by atoms with E-state index in [1.165, 1.54) is 18.0 Å². The summed E-state index contributed by atoms with van der Waals surface area (Å²) in [6.07, 6.45) is 5.26. The van der Waals surface area contributed by atoms with Gasteiger partial charge in [-0.2, -0.15) is 5.10 Å². The fourth-order valence-electron chi connectivity index (χ4n) is 3.15. The van der Waals surface area contributed by atoms with Gasteiger partial charge in [-0.05, 0) is 11.8 Å². The maximum absolute atomic E-state index is 12.7. The SMILES string of the molecule is CSc1ncc(Cl)c(C(=O)NCc2cn(Cc3ccccc3)nc2-c2ccccc2)n1. The number of rotatable bonds is 7. The molecule has 2 heterocycles. The first kappa shape index (κ1) is 21.1. The molecule has 0 atom stereocenters. The van der Waals surface area contributed by atoms with Crippen molar-refractivity contribution in [3.8, 4) is 11.3 Å². The second-order valence-electron chi connectivity index (χ2n) is 6.79. The largest absolute Gasteiger partial charge is 0.346 e. The molecule has 0 fully saturated rings. The first-order chi connectivity index (χ1) is 15.1. The highest BCUT2D eigenvalue weighted by atomic mass is 35.5. The Hall–Kier alpha value is -3.16. The summed E-state index contributed by atoms with van der Waals surface area (Å²) >= 11 is 7.49. The molecule has 4 aromatic rings. The lowest BCUT2D eigenvalue weighted by Gasteiger charge is -2.07. The third-order valence-corrected chi connectivity index (χ3v) is 5.47. The van der Waals surface area contributed by atoms with E-state index in [1.54, 1.807) is 0 Å². The van der Waals surface area contributed by atoms with Crippen LogP contribution in [0.25, 0.3) is 11.3 Å². The van der Waals surface area contributed by atoms with Crippen molar-refractivity contribution in [2.75, 3.05) is 6.26 Å². The molecule has 8 heteroatoms. The molecule has 0 saturated heterocycles. The number of carbonyl (C=O) groups excluding carboxylic acids is 1. The minimum absolute atomic E-state index is 0.166. The van der Waals surface area contributed by atoms with Crippen molar-refractivity contribution >= 4 is 29.3 Å². The molecule has 1 amide bonds. The van der Waals surface area contributed by atoms with Gasteiger partial charge in [-0.15, -0.1) is 0 Å². The van der Waals surface area contributed by atoms with Gasteiger partial charge in [-0.25, -0.2) is 9.97 Å². The van der Waals surface area contributed by atoms with Crippen molar-refractivity contribution < 1.29 is 4.79 Å². The average molecular weight is 450 g/mol. The Labute approximate surface area is 189 Å². The van der Waals surface area contributed by atoms with Crippen molar-refractivity contribution in [1.29, 1.82) is 0 Å². The van der Waals surface area contributed by atoms with E-state index < -0.39 is 0 Å². The number of aromatic nitrogens is 4. The van der Waals surface area contributed by atoms with Crippen molar-refractivity contribution in [2.24, 2.45) is 0 Å². The van der Waals surface area contributed by atoms with Gasteiger partial charge in [-0.1, -0.05) is 84.0 Å². The summed E-state index contributed by atoms with van der Waals surface area (Å²) in [6.45, 7) is 0.941. The highest BCUT2D eigenvalue weighted by Gasteiger charge is 2.17. The summed E-state index contributed by atoms with van der Waals surface area (Å²) in [5.74, 6) is -0.350. The van der Waals surface area contributed by atoms with E-state index >= 15 is 0 Å². The Morgan fingerprint density at radius 3 is 2.52 bits per heavy atom. The second-order valence-corrected chi connectivity index (χ2v) is 7.97. The smallest absolute Gasteiger partial charge is 0.271 e. The fraction of sp³-hybridized carbons (Fsp3) is 0.130. The van der Waals surface area contributed by atoms with Gasteiger partial charge in [0.2, 0.25) is 0 Å². The third kappa shape index (κ3) is 5.13. The number of hydrogen-bond donors (Lipinski definition) is 1. The molecule has 0 unspecified atom stereocenters. The number of halogens is 1. The Bertz CT molecular complexity index is 1180. The molecule has 31 heavy (non-hydrogen) atoms. The molecular weight excluding hydrogens is 430 g/mol. The zero-order valence-corrected chi connectivity index (χ0v) is 18.4. The van der Waals surface area contributed by atoms with E-state index in [0.717, 1.165) is 22.4 Å². The summed E-state index contributed by atoms with van der Waals surface area (Å²) in [7, 11) is 0. The van der Waals surface area contributed by atoms with Gasteiger partial charge in [0, 0.05) is 23.9 Å². The topological polar surface area (TPSA) is 72.7 Å². The molecule has 0 saturated carbocycles. The zero-order chi connectivity index (χ0) is 21.6. The number of hydrogen-bond acceptors (Lipinski definition) is 5. The monoisotopic (exact) mass is 449 g/mol. The zero-order valence-electron chi connectivity index (χ0n) is 16.8. The molecule has 0 radical (unpaired) electrons. The Balaban J connectivity index is 1.58. The Morgan fingerprint density at radius 2 is 1.81 bits per heavy atom. The van der Waals surface area contributed by atoms with E-state index in [1.807, 2.05) is 65.7 Å². The lowest BCUT2D eigenvalue weighted by Crippen LogP contribution is -2.24. The van der Waals surface area contributed by atoms with Gasteiger partial charge in [0.1, 0.15) is 0 Å². The predicted octanol–water partition coefficient (Wildman–Crippen LogP) is 4.69. The lowest BCUT2D eigenvalue weighted by atomic mass is 10.1. The van der Waals surface area contributed by atoms with Gasteiger partial charge >= 0.3 is 0 Å². The summed E-state index contributed by atoms with van der Waals surface area (Å²) in [5, 5.41) is 8.42. The van der Waals surface area contributed by atoms with Crippen LogP contribution in [0.4, 0.5) is 0 Å². The first-order valence-corrected chi connectivity index (χ1v) is 11.2. The number of thioether (sulfide) groups is 1. The molecule has 2 aromatic heterocycles. The van der Waals surface area contributed by atoms with Crippen LogP contribution in [0, 0.1) is 0 Å². The van der Waals surface area contributed by atoms with E-state index in [4.69, 9.17) is 16.7 Å². The van der Waals surface area contributed by atoms with Crippen LogP contribution in [-0.4, -0.2) is 31.9 Å². The molecule has 4 rings (SSSR count). The third-order valence-electron chi connectivity index (χ3n) is 4.63. The molecule has 0 aliphatic heterocycles. The number of amides is 1. The highest BCUT2D eigenvalue weighted by Crippen LogP contribution is 2.23. The van der Waals surface area contributed by atoms with Crippen molar-refractivity contribution in [3.05, 3.63) is 94.9 Å². The summed E-state index contributed by atoms with van der Waals surface area (Å²) < 4.78 is 1.89. The highest BCUT2D eigenvalue weighted by molar-refractivity contribution is 7.98. The summed E-state index contributed by atoms with van der Waals surface area (Å²) in [4.78, 5) is 21.0. The van der Waals surface area contributed by atoms with Gasteiger partial charge < -0.3 is 5.32 Å². The van der Waals surface area contributed by atoms with Crippen LogP contribution in [0.5, 0.6) is 0 Å². The van der Waals surface area contributed by atoms with Crippen LogP contribution in [-0.2, 0) is 13.1 Å². The van der Waals surface area contributed by atoms with Crippen molar-refractivity contribution in [3.63, 3.8) is 0 Å². The number of nitrogens with one attached hydrogen (secondary N) is 1. The van der Waals surface area contributed by atoms with Crippen LogP contribution in [0.15, 0.2) is 78.2 Å². The first-order valence-electron chi connectivity index (χ1n) is 9.64. The van der Waals surface area contributed by atoms with Crippen LogP contribution < -0.4 is 5.32 Å². The molecule has 0 bridgehead atoms. The van der Waals surface area contributed by atoms with Crippen LogP contribution in [0.3, 0.4) is 0 Å². The molecule has 0 aliphatic carbocycles. The van der Waals surface area contributed by atoms with Crippen LogP contribution >= 0.6 is 23.4 Å². The minimum Gasteiger partial charge on any atom is -0.346 e. The average Bonchev–Trinajstić information content (AvgIpc) is 3.21. The summed E-state index contributed by atoms with van der Waals surface area (Å²) in [6, 6.07) is 20.0. The van der Waals surface area contributed by atoms with E-state index in [2.05, 4.69) is 27.4 Å². The molecule has 0 spiro atoms. The number of nitrogens with zero attached hydrogens (tertiary/aromatic N) is 4. The van der Waals surface area contributed by atoms with Gasteiger partial charge in [0.05, 0.1) is 23.5 Å². The molecule has 0 aliphatic rings. The predicted molar refractivity (Wildman–Crippen MR) is 123 cm³/mol. The van der Waals surface area contributed by atoms with E-state index in [0.29, 0.717) is 18.2 Å². The number of benzene rings is 2. The minimum atomic E-state index is -0.350. The van der Waals surface area contributed by atoms with E-state index in [-0.39, 0.29) is 16.6 Å². The molecule has 6 nitrogen and oxygen atoms in total. The van der Waals surface area contributed by atoms with Gasteiger partial charge in [0.15, 0.2) is 10.9 Å². The normalized spacial score (nSPS) is 10.8. The van der Waals surface area contributed by atoms with Crippen molar-refractivity contribution in [1.82, 2.24) is 25.1 Å². The molecular formula is C23H20ClN5OS.